The lowest BCUT2D eigenvalue weighted by Gasteiger charge is -2.30. The minimum Gasteiger partial charge on any atom is -0.353 e. The summed E-state index contributed by atoms with van der Waals surface area (Å²) in [7, 11) is -3.08. The Morgan fingerprint density at radius 1 is 1.32 bits per heavy atom. The van der Waals surface area contributed by atoms with Crippen LogP contribution in [0.1, 0.15) is 32.1 Å². The van der Waals surface area contributed by atoms with Gasteiger partial charge in [0.1, 0.15) is 0 Å². The summed E-state index contributed by atoms with van der Waals surface area (Å²) < 4.78 is 24.2. The molecule has 1 atom stereocenters. The number of hydrogen-bond donors (Lipinski definition) is 1. The summed E-state index contributed by atoms with van der Waals surface area (Å²) in [4.78, 5) is 11.9. The maximum absolute atomic E-state index is 11.9. The monoisotopic (exact) mass is 286 g/mol. The molecular weight excluding hydrogens is 264 g/mol. The van der Waals surface area contributed by atoms with E-state index in [-0.39, 0.29) is 11.9 Å². The van der Waals surface area contributed by atoms with E-state index in [4.69, 9.17) is 0 Å². The molecule has 6 heteroatoms. The van der Waals surface area contributed by atoms with Crippen molar-refractivity contribution in [1.29, 1.82) is 0 Å². The lowest BCUT2D eigenvalue weighted by Crippen LogP contribution is -2.46. The summed E-state index contributed by atoms with van der Waals surface area (Å²) in [6.07, 6.45) is 9.60. The van der Waals surface area contributed by atoms with Gasteiger partial charge >= 0.3 is 0 Å². The Bertz CT molecular complexity index is 451. The second-order valence-electron chi connectivity index (χ2n) is 5.47. The Kier molecular flexibility index (Phi) is 4.62. The molecule has 0 bridgehead atoms. The normalized spacial score (nSPS) is 25.6. The molecule has 0 radical (unpaired) electrons. The van der Waals surface area contributed by atoms with E-state index >= 15 is 0 Å². The van der Waals surface area contributed by atoms with Gasteiger partial charge in [-0.15, -0.1) is 0 Å². The van der Waals surface area contributed by atoms with Crippen molar-refractivity contribution in [2.24, 2.45) is 5.92 Å². The maximum Gasteiger partial charge on any atom is 0.220 e. The highest BCUT2D eigenvalue weighted by molar-refractivity contribution is 7.88. The fourth-order valence-electron chi connectivity index (χ4n) is 2.72. The quantitative estimate of drug-likeness (QED) is 0.780. The molecule has 19 heavy (non-hydrogen) atoms. The second kappa shape index (κ2) is 6.05. The van der Waals surface area contributed by atoms with Gasteiger partial charge in [0, 0.05) is 25.6 Å². The summed E-state index contributed by atoms with van der Waals surface area (Å²) in [6, 6.07) is 0.121. The van der Waals surface area contributed by atoms with Gasteiger partial charge in [0.05, 0.1) is 6.26 Å². The minimum absolute atomic E-state index is 0.0920. The first kappa shape index (κ1) is 14.5. The number of rotatable bonds is 4. The van der Waals surface area contributed by atoms with Gasteiger partial charge < -0.3 is 5.32 Å². The molecule has 1 fully saturated rings. The molecule has 1 heterocycles. The van der Waals surface area contributed by atoms with E-state index in [1.165, 1.54) is 10.6 Å². The van der Waals surface area contributed by atoms with Crippen LogP contribution in [-0.4, -0.2) is 44.0 Å². The second-order valence-corrected chi connectivity index (χ2v) is 7.46. The van der Waals surface area contributed by atoms with E-state index in [0.717, 1.165) is 12.8 Å². The molecule has 0 aromatic heterocycles. The molecule has 1 unspecified atom stereocenters. The van der Waals surface area contributed by atoms with Crippen LogP contribution in [0.25, 0.3) is 0 Å². The van der Waals surface area contributed by atoms with Gasteiger partial charge in [0.15, 0.2) is 0 Å². The molecular formula is C13H22N2O3S. The van der Waals surface area contributed by atoms with Gasteiger partial charge in [-0.2, -0.15) is 0 Å². The van der Waals surface area contributed by atoms with Crippen LogP contribution in [0.15, 0.2) is 12.2 Å². The molecule has 1 N–H and O–H groups in total. The van der Waals surface area contributed by atoms with Crippen molar-refractivity contribution in [3.8, 4) is 0 Å². The average molecular weight is 286 g/mol. The lowest BCUT2D eigenvalue weighted by atomic mass is 10.0. The molecule has 0 spiro atoms. The highest BCUT2D eigenvalue weighted by Crippen LogP contribution is 2.20. The van der Waals surface area contributed by atoms with E-state index < -0.39 is 10.0 Å². The van der Waals surface area contributed by atoms with E-state index in [0.29, 0.717) is 38.3 Å². The smallest absolute Gasteiger partial charge is 0.220 e. The van der Waals surface area contributed by atoms with Crippen molar-refractivity contribution in [3.05, 3.63) is 12.2 Å². The van der Waals surface area contributed by atoms with Crippen molar-refractivity contribution in [2.45, 2.75) is 38.1 Å². The summed E-state index contributed by atoms with van der Waals surface area (Å²) in [5.74, 6) is 0.477. The van der Waals surface area contributed by atoms with E-state index in [1.54, 1.807) is 0 Å². The van der Waals surface area contributed by atoms with Gasteiger partial charge in [0.2, 0.25) is 15.9 Å². The Morgan fingerprint density at radius 3 is 2.53 bits per heavy atom. The first-order chi connectivity index (χ1) is 8.95. The minimum atomic E-state index is -3.08. The molecule has 1 saturated heterocycles. The van der Waals surface area contributed by atoms with E-state index in [1.807, 2.05) is 0 Å². The van der Waals surface area contributed by atoms with Crippen LogP contribution in [-0.2, 0) is 14.8 Å². The molecule has 1 amide bonds. The third kappa shape index (κ3) is 4.31. The van der Waals surface area contributed by atoms with Crippen molar-refractivity contribution >= 4 is 15.9 Å². The summed E-state index contributed by atoms with van der Waals surface area (Å²) >= 11 is 0. The molecule has 0 saturated carbocycles. The van der Waals surface area contributed by atoms with Gasteiger partial charge in [-0.1, -0.05) is 12.2 Å². The van der Waals surface area contributed by atoms with Crippen LogP contribution in [0.4, 0.5) is 0 Å². The number of piperidine rings is 1. The molecule has 0 aromatic rings. The standard InChI is InChI=1S/C13H22N2O3S/c1-19(17,18)15-8-6-12(7-9-15)14-13(16)10-11-4-2-3-5-11/h2,4,11-12H,3,5-10H2,1H3,(H,14,16). The fourth-order valence-corrected chi connectivity index (χ4v) is 3.60. The number of carbonyl (C=O) groups is 1. The summed E-state index contributed by atoms with van der Waals surface area (Å²) in [6.45, 7) is 1.01. The Labute approximate surface area is 115 Å². The Balaban J connectivity index is 1.73. The van der Waals surface area contributed by atoms with Crippen molar-refractivity contribution in [3.63, 3.8) is 0 Å². The Morgan fingerprint density at radius 2 is 2.00 bits per heavy atom. The fraction of sp³-hybridized carbons (Fsp3) is 0.769. The SMILES string of the molecule is CS(=O)(=O)N1CCC(NC(=O)CC2C=CCC2)CC1. The van der Waals surface area contributed by atoms with Crippen molar-refractivity contribution in [2.75, 3.05) is 19.3 Å². The van der Waals surface area contributed by atoms with Gasteiger partial charge in [-0.05, 0) is 31.6 Å². The number of amides is 1. The third-order valence-electron chi connectivity index (χ3n) is 3.85. The zero-order chi connectivity index (χ0) is 13.9. The molecule has 2 aliphatic rings. The maximum atomic E-state index is 11.9. The number of nitrogens with zero attached hydrogens (tertiary/aromatic N) is 1. The summed E-state index contributed by atoms with van der Waals surface area (Å²) in [5, 5.41) is 3.02. The van der Waals surface area contributed by atoms with Gasteiger partial charge in [0.25, 0.3) is 0 Å². The largest absolute Gasteiger partial charge is 0.353 e. The van der Waals surface area contributed by atoms with Crippen molar-refractivity contribution in [1.82, 2.24) is 9.62 Å². The molecule has 108 valence electrons. The summed E-state index contributed by atoms with van der Waals surface area (Å²) in [5.41, 5.74) is 0. The van der Waals surface area contributed by atoms with E-state index in [9.17, 15) is 13.2 Å². The third-order valence-corrected chi connectivity index (χ3v) is 5.15. The lowest BCUT2D eigenvalue weighted by molar-refractivity contribution is -0.122. The topological polar surface area (TPSA) is 66.5 Å². The molecule has 1 aliphatic heterocycles. The number of hydrogen-bond acceptors (Lipinski definition) is 3. The van der Waals surface area contributed by atoms with Crippen LogP contribution in [0, 0.1) is 5.92 Å². The van der Waals surface area contributed by atoms with Crippen molar-refractivity contribution < 1.29 is 13.2 Å². The predicted octanol–water partition coefficient (Wildman–Crippen LogP) is 0.883. The molecule has 1 aliphatic carbocycles. The molecule has 5 nitrogen and oxygen atoms in total. The van der Waals surface area contributed by atoms with E-state index in [2.05, 4.69) is 17.5 Å². The zero-order valence-corrected chi connectivity index (χ0v) is 12.2. The highest BCUT2D eigenvalue weighted by atomic mass is 32.2. The van der Waals surface area contributed by atoms with Crippen LogP contribution >= 0.6 is 0 Å². The number of allylic oxidation sites excluding steroid dienone is 2. The molecule has 2 rings (SSSR count). The van der Waals surface area contributed by atoms with Crippen LogP contribution in [0.5, 0.6) is 0 Å². The molecule has 0 aromatic carbocycles. The first-order valence-corrected chi connectivity index (χ1v) is 8.71. The Hall–Kier alpha value is -0.880. The average Bonchev–Trinajstić information content (AvgIpc) is 2.81. The van der Waals surface area contributed by atoms with Gasteiger partial charge in [-0.25, -0.2) is 12.7 Å². The first-order valence-electron chi connectivity index (χ1n) is 6.86. The van der Waals surface area contributed by atoms with Gasteiger partial charge in [-0.3, -0.25) is 4.79 Å². The number of nitrogens with one attached hydrogen (secondary N) is 1. The van der Waals surface area contributed by atoms with Crippen LogP contribution in [0.3, 0.4) is 0 Å². The zero-order valence-electron chi connectivity index (χ0n) is 11.3. The number of sulfonamides is 1. The highest BCUT2D eigenvalue weighted by Gasteiger charge is 2.26. The van der Waals surface area contributed by atoms with Crippen LogP contribution < -0.4 is 5.32 Å². The predicted molar refractivity (Wildman–Crippen MR) is 74.1 cm³/mol. The number of carbonyl (C=O) groups excluding carboxylic acids is 1. The van der Waals surface area contributed by atoms with Crippen LogP contribution in [0.2, 0.25) is 0 Å².